The Kier molecular flexibility index (Phi) is 5.84. The molecule has 0 fully saturated rings. The molecule has 0 amide bonds. The van der Waals surface area contributed by atoms with Gasteiger partial charge in [0.05, 0.1) is 16.9 Å². The predicted molar refractivity (Wildman–Crippen MR) is 115 cm³/mol. The summed E-state index contributed by atoms with van der Waals surface area (Å²) in [4.78, 5) is 16.1. The number of Topliss-reactive ketones (excluding diaryl/α,β-unsaturated/α-hetero) is 1. The number of aliphatic hydroxyl groups is 1. The number of fused-ring (bicyclic) bond motifs is 1. The Labute approximate surface area is 176 Å². The van der Waals surface area contributed by atoms with Crippen molar-refractivity contribution in [3.05, 3.63) is 47.5 Å². The van der Waals surface area contributed by atoms with E-state index in [0.29, 0.717) is 34.5 Å². The van der Waals surface area contributed by atoms with Gasteiger partial charge in [-0.15, -0.1) is 0 Å². The van der Waals surface area contributed by atoms with Crippen molar-refractivity contribution in [3.63, 3.8) is 0 Å². The van der Waals surface area contributed by atoms with Crippen molar-refractivity contribution in [2.45, 2.75) is 59.2 Å². The number of aromatic nitrogens is 3. The second-order valence-corrected chi connectivity index (χ2v) is 8.39. The third-order valence-electron chi connectivity index (χ3n) is 5.46. The van der Waals surface area contributed by atoms with Crippen LogP contribution in [-0.2, 0) is 11.1 Å². The van der Waals surface area contributed by atoms with E-state index in [2.05, 4.69) is 10.1 Å². The zero-order chi connectivity index (χ0) is 22.3. The van der Waals surface area contributed by atoms with Crippen molar-refractivity contribution in [2.75, 3.05) is 0 Å². The number of carbonyl (C=O) groups excluding carboxylic acids is 1. The topological polar surface area (TPSA) is 76.7 Å². The number of halogens is 1. The lowest BCUT2D eigenvalue weighted by atomic mass is 9.82. The SMILES string of the molecule is CCc1cc(C(C)=O)nc2cc(-c3ccc([B]OC(C)(C)C(C)(C)O)cc3F)nn12. The first-order valence-electron chi connectivity index (χ1n) is 9.87. The molecule has 0 spiro atoms. The molecule has 8 heteroatoms. The average molecular weight is 410 g/mol. The Morgan fingerprint density at radius 1 is 1.23 bits per heavy atom. The van der Waals surface area contributed by atoms with Crippen LogP contribution in [0.2, 0.25) is 0 Å². The summed E-state index contributed by atoms with van der Waals surface area (Å²) in [5, 5.41) is 14.7. The van der Waals surface area contributed by atoms with E-state index in [9.17, 15) is 14.3 Å². The fourth-order valence-corrected chi connectivity index (χ4v) is 2.77. The molecule has 0 unspecified atom stereocenters. The Morgan fingerprint density at radius 3 is 2.50 bits per heavy atom. The number of benzene rings is 1. The van der Waals surface area contributed by atoms with E-state index in [0.717, 1.165) is 5.69 Å². The maximum atomic E-state index is 14.9. The monoisotopic (exact) mass is 410 g/mol. The molecule has 3 rings (SSSR count). The van der Waals surface area contributed by atoms with Crippen LogP contribution in [0.3, 0.4) is 0 Å². The lowest BCUT2D eigenvalue weighted by molar-refractivity contribution is -0.0893. The van der Waals surface area contributed by atoms with E-state index in [-0.39, 0.29) is 5.78 Å². The number of hydrogen-bond acceptors (Lipinski definition) is 5. The summed E-state index contributed by atoms with van der Waals surface area (Å²) < 4.78 is 22.2. The molecule has 30 heavy (non-hydrogen) atoms. The number of aryl methyl sites for hydroxylation is 1. The molecule has 0 bridgehead atoms. The molecule has 0 atom stereocenters. The van der Waals surface area contributed by atoms with E-state index in [1.165, 1.54) is 20.5 Å². The molecule has 1 radical (unpaired) electrons. The van der Waals surface area contributed by atoms with Gasteiger partial charge in [-0.1, -0.05) is 24.5 Å². The maximum Gasteiger partial charge on any atom is 0.331 e. The van der Waals surface area contributed by atoms with Crippen LogP contribution in [0.1, 0.15) is 57.7 Å². The summed E-state index contributed by atoms with van der Waals surface area (Å²) in [6, 6.07) is 8.08. The van der Waals surface area contributed by atoms with Crippen LogP contribution >= 0.6 is 0 Å². The predicted octanol–water partition coefficient (Wildman–Crippen LogP) is 3.11. The van der Waals surface area contributed by atoms with Gasteiger partial charge in [-0.25, -0.2) is 13.9 Å². The number of hydrogen-bond donors (Lipinski definition) is 1. The van der Waals surface area contributed by atoms with E-state index in [1.807, 2.05) is 6.92 Å². The van der Waals surface area contributed by atoms with Crippen LogP contribution in [0.4, 0.5) is 4.39 Å². The highest BCUT2D eigenvalue weighted by Crippen LogP contribution is 2.25. The zero-order valence-corrected chi connectivity index (χ0v) is 18.2. The number of carbonyl (C=O) groups is 1. The van der Waals surface area contributed by atoms with Gasteiger partial charge in [0.1, 0.15) is 11.5 Å². The average Bonchev–Trinajstić information content (AvgIpc) is 3.08. The lowest BCUT2D eigenvalue weighted by Crippen LogP contribution is -2.49. The van der Waals surface area contributed by atoms with Gasteiger partial charge in [-0.2, -0.15) is 5.10 Å². The summed E-state index contributed by atoms with van der Waals surface area (Å²) in [5.74, 6) is -0.586. The molecule has 0 aliphatic heterocycles. The Balaban J connectivity index is 1.91. The van der Waals surface area contributed by atoms with Crippen molar-refractivity contribution < 1.29 is 18.9 Å². The summed E-state index contributed by atoms with van der Waals surface area (Å²) >= 11 is 0. The molecular weight excluding hydrogens is 384 g/mol. The Hall–Kier alpha value is -2.58. The van der Waals surface area contributed by atoms with Crippen LogP contribution in [0, 0.1) is 5.82 Å². The standard InChI is InChI=1S/C22H26BFN3O3/c1-7-15-11-18(13(2)28)25-20-12-19(26-27(15)20)16-9-8-14(10-17(16)24)23-30-22(5,6)21(3,4)29/h8-12,29H,7H2,1-6H3. The first-order valence-corrected chi connectivity index (χ1v) is 9.87. The second kappa shape index (κ2) is 7.93. The molecule has 0 saturated carbocycles. The molecule has 157 valence electrons. The van der Waals surface area contributed by atoms with E-state index >= 15 is 0 Å². The van der Waals surface area contributed by atoms with Gasteiger partial charge in [0.25, 0.3) is 0 Å². The Bertz CT molecular complexity index is 1100. The summed E-state index contributed by atoms with van der Waals surface area (Å²) in [6.45, 7) is 10.3. The van der Waals surface area contributed by atoms with Gasteiger partial charge in [-0.05, 0) is 46.2 Å². The second-order valence-electron chi connectivity index (χ2n) is 8.39. The number of rotatable bonds is 7. The van der Waals surface area contributed by atoms with Crippen molar-refractivity contribution in [1.29, 1.82) is 0 Å². The minimum Gasteiger partial charge on any atom is -0.427 e. The molecule has 0 saturated heterocycles. The molecule has 3 aromatic rings. The minimum atomic E-state index is -1.07. The van der Waals surface area contributed by atoms with Gasteiger partial charge in [0, 0.05) is 24.2 Å². The largest absolute Gasteiger partial charge is 0.427 e. The summed E-state index contributed by atoms with van der Waals surface area (Å²) in [7, 11) is 1.43. The van der Waals surface area contributed by atoms with Crippen LogP contribution in [0.25, 0.3) is 16.9 Å². The van der Waals surface area contributed by atoms with Gasteiger partial charge >= 0.3 is 7.48 Å². The normalized spacial score (nSPS) is 12.4. The highest BCUT2D eigenvalue weighted by atomic mass is 19.1. The van der Waals surface area contributed by atoms with Crippen LogP contribution < -0.4 is 5.46 Å². The summed E-state index contributed by atoms with van der Waals surface area (Å²) in [6.07, 6.45) is 0.658. The first-order chi connectivity index (χ1) is 13.9. The fraction of sp³-hybridized carbons (Fsp3) is 0.409. The Morgan fingerprint density at radius 2 is 1.93 bits per heavy atom. The molecule has 2 heterocycles. The quantitative estimate of drug-likeness (QED) is 0.479. The molecule has 2 aromatic heterocycles. The summed E-state index contributed by atoms with van der Waals surface area (Å²) in [5.41, 5.74) is 1.06. The van der Waals surface area contributed by atoms with Gasteiger partial charge in [-0.3, -0.25) is 4.79 Å². The lowest BCUT2D eigenvalue weighted by Gasteiger charge is -2.37. The minimum absolute atomic E-state index is 0.130. The molecule has 0 aliphatic carbocycles. The van der Waals surface area contributed by atoms with E-state index in [4.69, 9.17) is 4.65 Å². The van der Waals surface area contributed by atoms with Gasteiger partial charge in [0.2, 0.25) is 0 Å². The highest BCUT2D eigenvalue weighted by molar-refractivity contribution is 6.47. The fourth-order valence-electron chi connectivity index (χ4n) is 2.77. The maximum absolute atomic E-state index is 14.9. The van der Waals surface area contributed by atoms with Gasteiger partial charge < -0.3 is 9.76 Å². The highest BCUT2D eigenvalue weighted by Gasteiger charge is 2.35. The van der Waals surface area contributed by atoms with Gasteiger partial charge in [0.15, 0.2) is 11.4 Å². The van der Waals surface area contributed by atoms with E-state index in [1.54, 1.807) is 56.5 Å². The third kappa shape index (κ3) is 4.30. The van der Waals surface area contributed by atoms with Crippen LogP contribution in [0.15, 0.2) is 30.3 Å². The smallest absolute Gasteiger partial charge is 0.331 e. The van der Waals surface area contributed by atoms with Crippen LogP contribution in [-0.4, -0.2) is 44.2 Å². The molecule has 1 aromatic carbocycles. The first kappa shape index (κ1) is 22.1. The van der Waals surface area contributed by atoms with E-state index < -0.39 is 17.0 Å². The van der Waals surface area contributed by atoms with Crippen molar-refractivity contribution >= 4 is 24.4 Å². The van der Waals surface area contributed by atoms with Crippen molar-refractivity contribution in [1.82, 2.24) is 14.6 Å². The zero-order valence-electron chi connectivity index (χ0n) is 18.2. The van der Waals surface area contributed by atoms with Crippen molar-refractivity contribution in [2.24, 2.45) is 0 Å². The molecule has 0 aliphatic rings. The van der Waals surface area contributed by atoms with Crippen LogP contribution in [0.5, 0.6) is 0 Å². The number of ketones is 1. The van der Waals surface area contributed by atoms with Crippen molar-refractivity contribution in [3.8, 4) is 11.3 Å². The third-order valence-corrected chi connectivity index (χ3v) is 5.46. The molecule has 6 nitrogen and oxygen atoms in total. The molecule has 1 N–H and O–H groups in total. The molecular formula is C22H26BFN3O3. The number of nitrogens with zero attached hydrogens (tertiary/aromatic N) is 3.